The smallest absolute Gasteiger partial charge is 0.410 e. The van der Waals surface area contributed by atoms with E-state index in [1.165, 1.54) is 0 Å². The van der Waals surface area contributed by atoms with Gasteiger partial charge in [0.1, 0.15) is 5.60 Å². The van der Waals surface area contributed by atoms with Gasteiger partial charge in [-0.15, -0.1) is 0 Å². The quantitative estimate of drug-likeness (QED) is 0.0964. The number of ketones is 1. The van der Waals surface area contributed by atoms with Crippen LogP contribution in [0.4, 0.5) is 4.79 Å². The molecule has 286 valence electrons. The van der Waals surface area contributed by atoms with Gasteiger partial charge in [-0.1, -0.05) is 66.7 Å². The number of methoxy groups -OCH3 is 1. The van der Waals surface area contributed by atoms with Gasteiger partial charge < -0.3 is 28.9 Å². The number of carbonyl (C=O) groups is 4. The maximum absolute atomic E-state index is 15.0. The number of fused-ring (bicyclic) bond motifs is 1. The summed E-state index contributed by atoms with van der Waals surface area (Å²) in [4.78, 5) is 55.7. The van der Waals surface area contributed by atoms with E-state index in [1.54, 1.807) is 24.1 Å². The first-order valence-corrected chi connectivity index (χ1v) is 19.2. The molecule has 0 radical (unpaired) electrons. The summed E-state index contributed by atoms with van der Waals surface area (Å²) >= 11 is 0. The topological polar surface area (TPSA) is 118 Å². The number of para-hydroxylation sites is 1. The number of benzene rings is 3. The first kappa shape index (κ1) is 38.8. The number of aliphatic carboxylic acids is 1. The Morgan fingerprint density at radius 2 is 1.65 bits per heavy atom. The van der Waals surface area contributed by atoms with Crippen LogP contribution in [0.5, 0.6) is 0 Å². The van der Waals surface area contributed by atoms with Gasteiger partial charge in [0.25, 0.3) is 0 Å². The third kappa shape index (κ3) is 9.58. The normalized spacial score (nSPS) is 17.4. The van der Waals surface area contributed by atoms with Gasteiger partial charge in [0.15, 0.2) is 5.78 Å². The number of carboxylic acid groups (broad SMARTS) is 1. The fourth-order valence-electron chi connectivity index (χ4n) is 7.62. The average Bonchev–Trinajstić information content (AvgIpc) is 3.94. The zero-order valence-corrected chi connectivity index (χ0v) is 32.0. The zero-order valence-electron chi connectivity index (χ0n) is 32.0. The standard InChI is InChI=1S/C44H53N3O7/c1-44(2,3)54-43(52)46-24-22-36(33-11-7-10-32(26-33)30-16-18-31(19-17-30)40(48)14-8-15-41(49)50)38(29-46)42(51)47(35-20-21-35)28-34-27-45(23-9-25-53-4)39-13-6-5-12-37(34)39/h5-7,10-13,16-19,26-27,35-36,38H,8-9,14-15,20-25,28-29H2,1-4H3,(H,49,50)/t36-,38+/m1/s1. The van der Waals surface area contributed by atoms with E-state index in [0.29, 0.717) is 38.1 Å². The lowest BCUT2D eigenvalue weighted by Gasteiger charge is -2.40. The molecule has 10 heteroatoms. The molecule has 1 saturated heterocycles. The molecule has 2 heterocycles. The maximum atomic E-state index is 15.0. The fraction of sp³-hybridized carbons (Fsp3) is 0.455. The molecule has 1 aromatic heterocycles. The molecule has 54 heavy (non-hydrogen) atoms. The van der Waals surface area contributed by atoms with Crippen molar-refractivity contribution in [2.24, 2.45) is 5.92 Å². The van der Waals surface area contributed by atoms with Gasteiger partial charge in [0, 0.05) is 81.4 Å². The van der Waals surface area contributed by atoms with Crippen LogP contribution in [-0.2, 0) is 32.2 Å². The average molecular weight is 736 g/mol. The van der Waals surface area contributed by atoms with Gasteiger partial charge in [0.05, 0.1) is 5.92 Å². The molecule has 2 atom stereocenters. The monoisotopic (exact) mass is 735 g/mol. The van der Waals surface area contributed by atoms with Crippen LogP contribution in [0.3, 0.4) is 0 Å². The van der Waals surface area contributed by atoms with Gasteiger partial charge in [0.2, 0.25) is 5.91 Å². The molecule has 6 rings (SSSR count). The molecular weight excluding hydrogens is 682 g/mol. The van der Waals surface area contributed by atoms with Crippen LogP contribution in [0.15, 0.2) is 79.0 Å². The number of amides is 2. The highest BCUT2D eigenvalue weighted by Crippen LogP contribution is 2.40. The number of carboxylic acids is 1. The maximum Gasteiger partial charge on any atom is 0.410 e. The third-order valence-corrected chi connectivity index (χ3v) is 10.5. The van der Waals surface area contributed by atoms with Crippen molar-refractivity contribution < 1.29 is 33.8 Å². The Labute approximate surface area is 318 Å². The van der Waals surface area contributed by atoms with Gasteiger partial charge in [-0.25, -0.2) is 4.79 Å². The second-order valence-electron chi connectivity index (χ2n) is 15.7. The first-order valence-electron chi connectivity index (χ1n) is 19.2. The number of carbonyl (C=O) groups excluding carboxylic acids is 3. The molecule has 1 aliphatic heterocycles. The molecule has 2 aliphatic rings. The Morgan fingerprint density at radius 3 is 2.35 bits per heavy atom. The molecular formula is C44H53N3O7. The molecule has 4 aromatic rings. The highest BCUT2D eigenvalue weighted by atomic mass is 16.6. The predicted octanol–water partition coefficient (Wildman–Crippen LogP) is 8.31. The minimum absolute atomic E-state index is 0.0328. The van der Waals surface area contributed by atoms with E-state index in [-0.39, 0.29) is 43.0 Å². The SMILES string of the molecule is COCCCn1cc(CN(C(=O)[C@H]2CN(C(=O)OC(C)(C)C)CC[C@@H]2c2cccc(-c3ccc(C(=O)CCCC(=O)O)cc3)c2)C2CC2)c2ccccc21. The first-order chi connectivity index (χ1) is 25.9. The Kier molecular flexibility index (Phi) is 12.2. The number of likely N-dealkylation sites (tertiary alicyclic amines) is 1. The zero-order chi connectivity index (χ0) is 38.4. The molecule has 2 fully saturated rings. The number of aromatic nitrogens is 1. The van der Waals surface area contributed by atoms with Crippen molar-refractivity contribution in [3.63, 3.8) is 0 Å². The summed E-state index contributed by atoms with van der Waals surface area (Å²) < 4.78 is 13.4. The van der Waals surface area contributed by atoms with Crippen LogP contribution in [0.1, 0.15) is 93.1 Å². The lowest BCUT2D eigenvalue weighted by Crippen LogP contribution is -2.51. The van der Waals surface area contributed by atoms with Gasteiger partial charge in [-0.05, 0) is 87.1 Å². The van der Waals surface area contributed by atoms with Crippen LogP contribution in [-0.4, -0.2) is 81.7 Å². The van der Waals surface area contributed by atoms with Crippen molar-refractivity contribution in [3.05, 3.63) is 95.7 Å². The predicted molar refractivity (Wildman–Crippen MR) is 208 cm³/mol. The van der Waals surface area contributed by atoms with Gasteiger partial charge >= 0.3 is 12.1 Å². The Bertz CT molecular complexity index is 1960. The van der Waals surface area contributed by atoms with E-state index in [1.807, 2.05) is 57.2 Å². The third-order valence-electron chi connectivity index (χ3n) is 10.5. The number of ether oxygens (including phenoxy) is 2. The van der Waals surface area contributed by atoms with Crippen molar-refractivity contribution in [1.29, 1.82) is 0 Å². The summed E-state index contributed by atoms with van der Waals surface area (Å²) in [6, 6.07) is 24.2. The van der Waals surface area contributed by atoms with Crippen molar-refractivity contribution in [2.45, 2.75) is 96.4 Å². The van der Waals surface area contributed by atoms with Gasteiger partial charge in [-0.3, -0.25) is 14.4 Å². The number of nitrogens with zero attached hydrogens (tertiary/aromatic N) is 3. The number of piperidine rings is 1. The van der Waals surface area contributed by atoms with E-state index < -0.39 is 23.6 Å². The van der Waals surface area contributed by atoms with Crippen LogP contribution < -0.4 is 0 Å². The number of Topliss-reactive ketones (excluding diaryl/α,β-unsaturated/α-hetero) is 1. The summed E-state index contributed by atoms with van der Waals surface area (Å²) in [7, 11) is 1.72. The van der Waals surface area contributed by atoms with Crippen molar-refractivity contribution in [1.82, 2.24) is 14.4 Å². The molecule has 2 amide bonds. The second kappa shape index (κ2) is 17.0. The summed E-state index contributed by atoms with van der Waals surface area (Å²) in [5.41, 5.74) is 5.11. The van der Waals surface area contributed by atoms with Crippen molar-refractivity contribution in [2.75, 3.05) is 26.8 Å². The molecule has 0 unspecified atom stereocenters. The molecule has 0 bridgehead atoms. The molecule has 0 spiro atoms. The van der Waals surface area contributed by atoms with Crippen LogP contribution in [0.25, 0.3) is 22.0 Å². The molecule has 1 N–H and O–H groups in total. The number of aryl methyl sites for hydroxylation is 1. The van der Waals surface area contributed by atoms with E-state index in [4.69, 9.17) is 14.6 Å². The minimum atomic E-state index is -0.907. The summed E-state index contributed by atoms with van der Waals surface area (Å²) in [5, 5.41) is 10.1. The fourth-order valence-corrected chi connectivity index (χ4v) is 7.62. The van der Waals surface area contributed by atoms with Crippen molar-refractivity contribution in [3.8, 4) is 11.1 Å². The molecule has 1 aliphatic carbocycles. The largest absolute Gasteiger partial charge is 0.481 e. The molecule has 10 nitrogen and oxygen atoms in total. The summed E-state index contributed by atoms with van der Waals surface area (Å²) in [6.07, 6.45) is 5.66. The van der Waals surface area contributed by atoms with Crippen LogP contribution >= 0.6 is 0 Å². The van der Waals surface area contributed by atoms with E-state index in [9.17, 15) is 14.4 Å². The van der Waals surface area contributed by atoms with E-state index in [2.05, 4.69) is 39.9 Å². The Balaban J connectivity index is 1.27. The summed E-state index contributed by atoms with van der Waals surface area (Å²) in [5.74, 6) is -1.52. The lowest BCUT2D eigenvalue weighted by atomic mass is 9.79. The van der Waals surface area contributed by atoms with Crippen LogP contribution in [0.2, 0.25) is 0 Å². The summed E-state index contributed by atoms with van der Waals surface area (Å²) in [6.45, 7) is 8.31. The Hall–Kier alpha value is -4.96. The van der Waals surface area contributed by atoms with Crippen LogP contribution in [0, 0.1) is 5.92 Å². The second-order valence-corrected chi connectivity index (χ2v) is 15.7. The van der Waals surface area contributed by atoms with E-state index in [0.717, 1.165) is 59.0 Å². The number of rotatable bonds is 15. The lowest BCUT2D eigenvalue weighted by molar-refractivity contribution is -0.139. The number of hydrogen-bond acceptors (Lipinski definition) is 6. The Morgan fingerprint density at radius 1 is 0.889 bits per heavy atom. The minimum Gasteiger partial charge on any atom is -0.481 e. The molecule has 1 saturated carbocycles. The highest BCUT2D eigenvalue weighted by molar-refractivity contribution is 5.96. The van der Waals surface area contributed by atoms with Gasteiger partial charge in [-0.2, -0.15) is 0 Å². The molecule has 3 aromatic carbocycles. The van der Waals surface area contributed by atoms with Crippen molar-refractivity contribution >= 4 is 34.7 Å². The number of hydrogen-bond donors (Lipinski definition) is 1. The highest BCUT2D eigenvalue weighted by Gasteiger charge is 2.43. The van der Waals surface area contributed by atoms with E-state index >= 15 is 4.79 Å².